The van der Waals surface area contributed by atoms with Gasteiger partial charge in [-0.3, -0.25) is 9.59 Å². The first-order valence-corrected chi connectivity index (χ1v) is 61.0. The van der Waals surface area contributed by atoms with Crippen LogP contribution in [0.25, 0.3) is 24.3 Å². The smallest absolute Gasteiger partial charge is 0.335 e. The predicted molar refractivity (Wildman–Crippen MR) is 627 cm³/mol. The summed E-state index contributed by atoms with van der Waals surface area (Å²) in [5, 5.41) is 33.2. The summed E-state index contributed by atoms with van der Waals surface area (Å²) in [6.45, 7) is 12.1. The van der Waals surface area contributed by atoms with Crippen LogP contribution in [-0.4, -0.2) is 98.8 Å². The molecule has 0 aliphatic heterocycles. The number of phenols is 1. The standard InChI is InChI=1S/C27H26BrOP.C18H18O3.C18H15P.C16H14O3.C9H11BrO.C9H8O3.C9H12O2.C9H10O2.BBr3.Br3P/c1-22-20-24(29-2)19-18-23(22)21-30(28,25-12-6-3-7-13-25,26-14-8-4-9-15-26)27-16-10-5-11-17-27;1-13-11-17(20-2)10-9-15(13)8-7-14-5-4-6-16(12-14)18(19)21-3;1-4-10-16(11-5-1)19(17-12-6-2-7-13-17)18-14-8-3-9-15-18;1-11-9-15(17)8-7-13(11)6-5-12-3-2-4-14(10-12)16(18)19;1-7-5-9(11-2)4-3-8(7)6-10;1-12-9(11)8-4-2-3-7(5-8)6-10;2*1-7-5-9(11-2)4-3-8(7)6-10;2-1(3)4;1-4(2)3/h3-20H,21H2,1-2H3;4-12H,1-3H3;1-15H;2-10,17H,1H3,(H,18,19);3-5H,6H2,1-2H3;2-6H,1H3;3-5,10H,6H2,1-2H3;3-6H,1-2H3;;/b;8-7+;;6-5+;;;;;;. The van der Waals surface area contributed by atoms with Crippen molar-refractivity contribution >= 4 is 232 Å². The van der Waals surface area contributed by atoms with Crippen LogP contribution in [0.2, 0.25) is 0 Å². The Labute approximate surface area is 903 Å². The third-order valence-electron chi connectivity index (χ3n) is 21.5. The average molecular weight is 2480 g/mol. The van der Waals surface area contributed by atoms with E-state index in [1.807, 2.05) is 131 Å². The van der Waals surface area contributed by atoms with Crippen LogP contribution < -0.4 is 55.5 Å². The number of aldehydes is 2. The van der Waals surface area contributed by atoms with Gasteiger partial charge in [-0.15, -0.1) is 47.3 Å². The van der Waals surface area contributed by atoms with E-state index in [1.54, 1.807) is 108 Å². The largest absolute Gasteiger partial charge is 0.508 e. The molecule has 0 aliphatic rings. The molecule has 0 atom stereocenters. The number of carboxylic acids is 1. The van der Waals surface area contributed by atoms with Gasteiger partial charge in [0, 0.05) is 16.5 Å². The van der Waals surface area contributed by atoms with Gasteiger partial charge in [-0.2, -0.15) is 0 Å². The van der Waals surface area contributed by atoms with Gasteiger partial charge in [-0.1, -0.05) is 192 Å². The minimum absolute atomic E-state index is 0.0931. The third-order valence-corrected chi connectivity index (χ3v) is 34.0. The van der Waals surface area contributed by atoms with E-state index in [0.29, 0.717) is 28.5 Å². The second-order valence-corrected chi connectivity index (χ2v) is 64.3. The zero-order valence-electron chi connectivity index (χ0n) is 80.9. The number of carbonyl (C=O) groups is 5. The molecule has 0 fully saturated rings. The zero-order valence-corrected chi connectivity index (χ0v) is 96.3. The number of carbonyl (C=O) groups excluding carboxylic acids is 4. The first-order valence-electron chi connectivity index (χ1n) is 44.0. The first-order chi connectivity index (χ1) is 68.3. The minimum Gasteiger partial charge on any atom is -0.508 e. The summed E-state index contributed by atoms with van der Waals surface area (Å²) in [6.07, 6.45) is 10.2. The number of alkyl halides is 1. The predicted octanol–water partition coefficient (Wildman–Crippen LogP) is 30.4. The fourth-order valence-electron chi connectivity index (χ4n) is 13.9. The Morgan fingerprint density at radius 1 is 0.345 bits per heavy atom. The summed E-state index contributed by atoms with van der Waals surface area (Å²) in [6, 6.07) is 120. The van der Waals surface area contributed by atoms with Gasteiger partial charge in [0.25, 0.3) is 0 Å². The number of aryl methyl sites for hydroxylation is 6. The van der Waals surface area contributed by atoms with Gasteiger partial charge in [0.15, 0.2) is 0 Å². The molecule has 0 saturated carbocycles. The Morgan fingerprint density at radius 2 is 0.641 bits per heavy atom. The Hall–Kier alpha value is -10.5. The molecule has 15 aromatic rings. The second-order valence-electron chi connectivity index (χ2n) is 30.9. The quantitative estimate of drug-likeness (QED) is 0.0128. The number of hydrogen-bond donors (Lipinski definition) is 3. The second kappa shape index (κ2) is 65.0. The molecule has 0 aliphatic carbocycles. The van der Waals surface area contributed by atoms with Crippen molar-refractivity contribution < 1.29 is 72.5 Å². The number of aliphatic hydroxyl groups excluding tert-OH is 1. The molecule has 15 aromatic carbocycles. The molecule has 15 rings (SSSR count). The number of halogens is 8. The van der Waals surface area contributed by atoms with Crippen molar-refractivity contribution in [2.24, 2.45) is 0 Å². The monoisotopic (exact) mass is 2470 g/mol. The molecule has 0 bridgehead atoms. The Balaban J connectivity index is 0.000000251. The number of aliphatic hydroxyl groups is 1. The molecule has 27 heteroatoms. The fourth-order valence-corrected chi connectivity index (χ4v) is 24.6. The molecule has 0 radical (unpaired) electrons. The molecular formula is C115H114BBr8O15P3. The van der Waals surface area contributed by atoms with Crippen molar-refractivity contribution in [1.82, 2.24) is 0 Å². The number of rotatable bonds is 24. The van der Waals surface area contributed by atoms with Gasteiger partial charge in [-0.25, -0.2) is 14.4 Å². The van der Waals surface area contributed by atoms with Crippen LogP contribution in [0.15, 0.2) is 364 Å². The van der Waals surface area contributed by atoms with Crippen molar-refractivity contribution in [3.05, 3.63) is 464 Å². The molecule has 0 amide bonds. The number of carboxylic acid groups (broad SMARTS) is 1. The van der Waals surface area contributed by atoms with Crippen LogP contribution >= 0.6 is 142 Å². The zero-order chi connectivity index (χ0) is 104. The number of ether oxygens (including phenoxy) is 7. The molecule has 15 nitrogen and oxygen atoms in total. The molecular weight excluding hydrogens is 2360 g/mol. The molecule has 738 valence electrons. The number of aromatic hydroxyl groups is 1. The van der Waals surface area contributed by atoms with E-state index in [4.69, 9.17) is 38.6 Å². The summed E-state index contributed by atoms with van der Waals surface area (Å²) in [4.78, 5) is 54.0. The van der Waals surface area contributed by atoms with Gasteiger partial charge in [0.1, 0.15) is 45.3 Å². The number of aromatic carboxylic acids is 1. The summed E-state index contributed by atoms with van der Waals surface area (Å²) >= 11 is 26.8. The van der Waals surface area contributed by atoms with Crippen molar-refractivity contribution in [1.29, 1.82) is 0 Å². The van der Waals surface area contributed by atoms with Gasteiger partial charge in [0.05, 0.1) is 66.0 Å². The van der Waals surface area contributed by atoms with E-state index >= 15 is 0 Å². The normalized spacial score (nSPS) is 10.5. The summed E-state index contributed by atoms with van der Waals surface area (Å²) in [5.41, 5.74) is 16.5. The molecule has 0 unspecified atom stereocenters. The van der Waals surface area contributed by atoms with Crippen LogP contribution in [0.1, 0.15) is 124 Å². The van der Waals surface area contributed by atoms with E-state index in [0.717, 1.165) is 96.6 Å². The molecule has 142 heavy (non-hydrogen) atoms. The summed E-state index contributed by atoms with van der Waals surface area (Å²) in [7, 11) is 10.5. The van der Waals surface area contributed by atoms with Crippen molar-refractivity contribution in [3.8, 4) is 34.5 Å². The third kappa shape index (κ3) is 39.9. The molecule has 0 saturated heterocycles. The number of esters is 2. The molecule has 3 N–H and O–H groups in total. The Bertz CT molecular complexity index is 6220. The maximum atomic E-state index is 11.5. The van der Waals surface area contributed by atoms with Crippen LogP contribution in [-0.2, 0) is 27.6 Å². The maximum Gasteiger partial charge on any atom is 0.335 e. The van der Waals surface area contributed by atoms with Crippen LogP contribution in [0.4, 0.5) is 0 Å². The number of phenolic OH excluding ortho intramolecular Hbond substituents is 1. The van der Waals surface area contributed by atoms with Gasteiger partial charge in [0.2, 0.25) is 0 Å². The summed E-state index contributed by atoms with van der Waals surface area (Å²) < 4.78 is 35.0. The Kier molecular flexibility index (Phi) is 55.0. The molecule has 0 aromatic heterocycles. The van der Waals surface area contributed by atoms with Crippen molar-refractivity contribution in [2.75, 3.05) is 49.8 Å². The van der Waals surface area contributed by atoms with E-state index < -0.39 is 25.2 Å². The average Bonchev–Trinajstić information content (AvgIpc) is 0.700. The van der Waals surface area contributed by atoms with Crippen molar-refractivity contribution in [3.63, 3.8) is 0 Å². The van der Waals surface area contributed by atoms with E-state index in [1.165, 1.54) is 74.4 Å². The topological polar surface area (TPSA) is 211 Å². The number of methoxy groups -OCH3 is 7. The van der Waals surface area contributed by atoms with E-state index in [2.05, 4.69) is 350 Å². The van der Waals surface area contributed by atoms with Gasteiger partial charge >= 0.3 is 209 Å². The summed E-state index contributed by atoms with van der Waals surface area (Å²) in [5.74, 6) is 2.82. The number of hydrogen-bond acceptors (Lipinski definition) is 14. The van der Waals surface area contributed by atoms with E-state index in [9.17, 15) is 29.1 Å². The fraction of sp³-hybridized carbons (Fsp3) is 0.139. The SMILES string of the molecule is BrB(Br)Br.BrP(Br)Br.COC(=O)c1cccc(/C=C/c2ccc(OC)cc2C)c1.COC(=O)c1cccc(C=O)c1.COc1ccc(C=O)c(C)c1.COc1ccc(CBr)c(C)c1.COc1ccc(CO)c(C)c1.COc1ccc(CP(Br)(c2ccccc2)(c2ccccc2)c2ccccc2)c(C)c1.Cc1cc(O)ccc1/C=C/c1cccc(C(=O)O)c1.c1ccc(P(c2ccccc2)c2ccccc2)cc1. The van der Waals surface area contributed by atoms with Crippen LogP contribution in [0.5, 0.6) is 34.5 Å². The van der Waals surface area contributed by atoms with E-state index in [-0.39, 0.29) is 31.1 Å². The Morgan fingerprint density at radius 3 is 0.951 bits per heavy atom. The van der Waals surface area contributed by atoms with Gasteiger partial charge in [-0.05, 0) is 269 Å². The maximum absolute atomic E-state index is 11.5. The van der Waals surface area contributed by atoms with Crippen LogP contribution in [0.3, 0.4) is 0 Å². The van der Waals surface area contributed by atoms with Crippen molar-refractivity contribution in [2.45, 2.75) is 59.6 Å². The first kappa shape index (κ1) is 120. The van der Waals surface area contributed by atoms with Crippen LogP contribution in [0, 0.1) is 41.5 Å². The number of benzene rings is 15. The van der Waals surface area contributed by atoms with Gasteiger partial charge < -0.3 is 43.7 Å². The molecule has 0 spiro atoms. The molecule has 0 heterocycles. The minimum atomic E-state index is -2.97.